The zero-order chi connectivity index (χ0) is 15.6. The number of carbonyl (C=O) groups excluding carboxylic acids is 2. The summed E-state index contributed by atoms with van der Waals surface area (Å²) in [6.07, 6.45) is -4.27. The van der Waals surface area contributed by atoms with Gasteiger partial charge in [-0.05, 0) is 24.6 Å². The maximum atomic E-state index is 12.7. The second-order valence-electron chi connectivity index (χ2n) is 5.00. The zero-order valence-electron chi connectivity index (χ0n) is 11.4. The number of hydrogen-bond donors (Lipinski definition) is 1. The van der Waals surface area contributed by atoms with E-state index in [2.05, 4.69) is 5.32 Å². The van der Waals surface area contributed by atoms with E-state index in [9.17, 15) is 22.8 Å². The number of benzene rings is 1. The first-order valence-corrected chi connectivity index (χ1v) is 6.51. The summed E-state index contributed by atoms with van der Waals surface area (Å²) in [4.78, 5) is 24.9. The van der Waals surface area contributed by atoms with Crippen molar-refractivity contribution in [3.05, 3.63) is 35.4 Å². The third kappa shape index (κ3) is 3.74. The summed E-state index contributed by atoms with van der Waals surface area (Å²) in [7, 11) is 0. The number of halogens is 3. The molecule has 2 amide bonds. The Morgan fingerprint density at radius 3 is 2.71 bits per heavy atom. The van der Waals surface area contributed by atoms with Gasteiger partial charge in [0.1, 0.15) is 6.04 Å². The fourth-order valence-corrected chi connectivity index (χ4v) is 2.22. The molecule has 7 heteroatoms. The molecule has 21 heavy (non-hydrogen) atoms. The van der Waals surface area contributed by atoms with E-state index in [1.807, 2.05) is 0 Å². The summed E-state index contributed by atoms with van der Waals surface area (Å²) < 4.78 is 38.0. The number of rotatable bonds is 2. The van der Waals surface area contributed by atoms with Crippen LogP contribution in [0.1, 0.15) is 24.5 Å². The highest BCUT2D eigenvalue weighted by Crippen LogP contribution is 2.29. The lowest BCUT2D eigenvalue weighted by atomic mass is 10.1. The number of nitrogens with zero attached hydrogens (tertiary/aromatic N) is 1. The van der Waals surface area contributed by atoms with Gasteiger partial charge in [0.2, 0.25) is 11.8 Å². The molecule has 4 nitrogen and oxygen atoms in total. The molecule has 0 radical (unpaired) electrons. The standard InChI is InChI=1S/C14H15F3N2O2/c1-9-13(21)19(6-5-12(20)18-9)8-10-3-2-4-11(7-10)14(15,16)17/h2-4,7,9H,5-6,8H2,1H3,(H,18,20). The van der Waals surface area contributed by atoms with E-state index < -0.39 is 17.8 Å². The van der Waals surface area contributed by atoms with Crippen molar-refractivity contribution in [2.45, 2.75) is 32.1 Å². The second kappa shape index (κ2) is 5.75. The quantitative estimate of drug-likeness (QED) is 0.907. The topological polar surface area (TPSA) is 49.4 Å². The summed E-state index contributed by atoms with van der Waals surface area (Å²) >= 11 is 0. The molecule has 1 unspecified atom stereocenters. The van der Waals surface area contributed by atoms with Gasteiger partial charge in [0.25, 0.3) is 0 Å². The molecule has 0 bridgehead atoms. The molecule has 2 rings (SSSR count). The lowest BCUT2D eigenvalue weighted by Gasteiger charge is -2.22. The molecule has 1 aromatic rings. The van der Waals surface area contributed by atoms with Crippen LogP contribution in [-0.2, 0) is 22.3 Å². The highest BCUT2D eigenvalue weighted by Gasteiger charge is 2.31. The molecule has 1 aromatic carbocycles. The van der Waals surface area contributed by atoms with Crippen LogP contribution in [0.15, 0.2) is 24.3 Å². The van der Waals surface area contributed by atoms with E-state index >= 15 is 0 Å². The Kier molecular flexibility index (Phi) is 4.20. The molecule has 1 aliphatic heterocycles. The van der Waals surface area contributed by atoms with Crippen molar-refractivity contribution >= 4 is 11.8 Å². The lowest BCUT2D eigenvalue weighted by Crippen LogP contribution is -2.42. The summed E-state index contributed by atoms with van der Waals surface area (Å²) in [5, 5.41) is 2.53. The highest BCUT2D eigenvalue weighted by molar-refractivity contribution is 5.89. The van der Waals surface area contributed by atoms with Crippen molar-refractivity contribution in [2.24, 2.45) is 0 Å². The first-order chi connectivity index (χ1) is 9.77. The fourth-order valence-electron chi connectivity index (χ4n) is 2.22. The highest BCUT2D eigenvalue weighted by atomic mass is 19.4. The molecule has 1 aliphatic rings. The minimum Gasteiger partial charge on any atom is -0.345 e. The predicted octanol–water partition coefficient (Wildman–Crippen LogP) is 1.94. The number of hydrogen-bond acceptors (Lipinski definition) is 2. The SMILES string of the molecule is CC1NC(=O)CCN(Cc2cccc(C(F)(F)F)c2)C1=O. The van der Waals surface area contributed by atoms with Gasteiger partial charge in [-0.15, -0.1) is 0 Å². The molecule has 1 heterocycles. The van der Waals surface area contributed by atoms with Crippen molar-refractivity contribution in [1.82, 2.24) is 10.2 Å². The van der Waals surface area contributed by atoms with E-state index in [0.29, 0.717) is 5.56 Å². The Hall–Kier alpha value is -2.05. The van der Waals surface area contributed by atoms with Gasteiger partial charge in [0, 0.05) is 19.5 Å². The zero-order valence-corrected chi connectivity index (χ0v) is 11.4. The van der Waals surface area contributed by atoms with E-state index in [4.69, 9.17) is 0 Å². The predicted molar refractivity (Wildman–Crippen MR) is 69.1 cm³/mol. The second-order valence-corrected chi connectivity index (χ2v) is 5.00. The number of nitrogens with one attached hydrogen (secondary N) is 1. The molecule has 0 spiro atoms. The Morgan fingerprint density at radius 2 is 2.05 bits per heavy atom. The summed E-state index contributed by atoms with van der Waals surface area (Å²) in [6.45, 7) is 1.82. The van der Waals surface area contributed by atoms with Crippen LogP contribution < -0.4 is 5.32 Å². The van der Waals surface area contributed by atoms with E-state index in [-0.39, 0.29) is 31.3 Å². The molecule has 1 saturated heterocycles. The number of carbonyl (C=O) groups is 2. The minimum atomic E-state index is -4.41. The largest absolute Gasteiger partial charge is 0.416 e. The first-order valence-electron chi connectivity index (χ1n) is 6.51. The molecule has 114 valence electrons. The van der Waals surface area contributed by atoms with E-state index in [0.717, 1.165) is 12.1 Å². The van der Waals surface area contributed by atoms with Gasteiger partial charge in [-0.1, -0.05) is 12.1 Å². The van der Waals surface area contributed by atoms with Crippen molar-refractivity contribution in [2.75, 3.05) is 6.54 Å². The van der Waals surface area contributed by atoms with Crippen LogP contribution in [0.5, 0.6) is 0 Å². The van der Waals surface area contributed by atoms with Crippen LogP contribution in [0.2, 0.25) is 0 Å². The molecule has 1 N–H and O–H groups in total. The molecular weight excluding hydrogens is 285 g/mol. The van der Waals surface area contributed by atoms with Crippen LogP contribution >= 0.6 is 0 Å². The van der Waals surface area contributed by atoms with E-state index in [1.54, 1.807) is 6.92 Å². The van der Waals surface area contributed by atoms with Gasteiger partial charge in [0.05, 0.1) is 5.56 Å². The third-order valence-electron chi connectivity index (χ3n) is 3.30. The van der Waals surface area contributed by atoms with Crippen LogP contribution in [-0.4, -0.2) is 29.3 Å². The van der Waals surface area contributed by atoms with Crippen LogP contribution in [0, 0.1) is 0 Å². The summed E-state index contributed by atoms with van der Waals surface area (Å²) in [5.41, 5.74) is -0.357. The third-order valence-corrected chi connectivity index (χ3v) is 3.30. The average Bonchev–Trinajstić information content (AvgIpc) is 2.52. The van der Waals surface area contributed by atoms with Crippen LogP contribution in [0.3, 0.4) is 0 Å². The smallest absolute Gasteiger partial charge is 0.345 e. The van der Waals surface area contributed by atoms with Gasteiger partial charge in [-0.2, -0.15) is 13.2 Å². The Balaban J connectivity index is 2.17. The van der Waals surface area contributed by atoms with Crippen molar-refractivity contribution in [1.29, 1.82) is 0 Å². The molecule has 0 aromatic heterocycles. The van der Waals surface area contributed by atoms with Gasteiger partial charge >= 0.3 is 6.18 Å². The van der Waals surface area contributed by atoms with Gasteiger partial charge in [-0.25, -0.2) is 0 Å². The van der Waals surface area contributed by atoms with E-state index in [1.165, 1.54) is 17.0 Å². The fraction of sp³-hybridized carbons (Fsp3) is 0.429. The van der Waals surface area contributed by atoms with Crippen molar-refractivity contribution < 1.29 is 22.8 Å². The molecule has 0 aliphatic carbocycles. The maximum Gasteiger partial charge on any atom is 0.416 e. The first kappa shape index (κ1) is 15.3. The summed E-state index contributed by atoms with van der Waals surface area (Å²) in [6, 6.07) is 4.20. The monoisotopic (exact) mass is 300 g/mol. The Bertz CT molecular complexity index is 557. The minimum absolute atomic E-state index is 0.0576. The van der Waals surface area contributed by atoms with Crippen LogP contribution in [0.25, 0.3) is 0 Å². The number of alkyl halides is 3. The maximum absolute atomic E-state index is 12.7. The molecular formula is C14H15F3N2O2. The van der Waals surface area contributed by atoms with Gasteiger partial charge in [-0.3, -0.25) is 9.59 Å². The normalized spacial score (nSPS) is 20.2. The van der Waals surface area contributed by atoms with Crippen molar-refractivity contribution in [3.63, 3.8) is 0 Å². The Morgan fingerprint density at radius 1 is 1.33 bits per heavy atom. The molecule has 1 fully saturated rings. The van der Waals surface area contributed by atoms with Crippen molar-refractivity contribution in [3.8, 4) is 0 Å². The number of amides is 2. The van der Waals surface area contributed by atoms with Gasteiger partial charge < -0.3 is 10.2 Å². The molecule has 0 saturated carbocycles. The van der Waals surface area contributed by atoms with Gasteiger partial charge in [0.15, 0.2) is 0 Å². The summed E-state index contributed by atoms with van der Waals surface area (Å²) in [5.74, 6) is -0.527. The Labute approximate surface area is 119 Å². The molecule has 1 atom stereocenters. The average molecular weight is 300 g/mol. The van der Waals surface area contributed by atoms with Crippen LogP contribution in [0.4, 0.5) is 13.2 Å². The lowest BCUT2D eigenvalue weighted by molar-refractivity contribution is -0.137.